The molecule has 0 aliphatic carbocycles. The number of carboxylic acid groups (broad SMARTS) is 1. The van der Waals surface area contributed by atoms with Gasteiger partial charge in [0.25, 0.3) is 5.91 Å². The fraction of sp³-hybridized carbons (Fsp3) is 0.217. The third kappa shape index (κ3) is 4.16. The van der Waals surface area contributed by atoms with Gasteiger partial charge in [0.1, 0.15) is 5.75 Å². The molecule has 4 rings (SSSR count). The molecule has 0 saturated carbocycles. The summed E-state index contributed by atoms with van der Waals surface area (Å²) in [5, 5.41) is 10.8. The number of amides is 1. The molecule has 1 aliphatic heterocycles. The molecule has 6 heteroatoms. The molecule has 3 aromatic rings. The monoisotopic (exact) mass is 390 g/mol. The van der Waals surface area contributed by atoms with E-state index in [-0.39, 0.29) is 12.5 Å². The van der Waals surface area contributed by atoms with Crippen molar-refractivity contribution in [3.8, 4) is 5.75 Å². The first kappa shape index (κ1) is 18.8. The highest BCUT2D eigenvalue weighted by molar-refractivity contribution is 6.07. The van der Waals surface area contributed by atoms with Gasteiger partial charge in [-0.05, 0) is 29.0 Å². The van der Waals surface area contributed by atoms with Gasteiger partial charge in [-0.15, -0.1) is 0 Å². The van der Waals surface area contributed by atoms with Crippen molar-refractivity contribution in [3.63, 3.8) is 0 Å². The second-order valence-electron chi connectivity index (χ2n) is 6.99. The zero-order chi connectivity index (χ0) is 20.2. The molecular formula is C23H22N2O4. The van der Waals surface area contributed by atoms with Crippen LogP contribution in [0.2, 0.25) is 0 Å². The summed E-state index contributed by atoms with van der Waals surface area (Å²) in [4.78, 5) is 27.8. The van der Waals surface area contributed by atoms with E-state index in [9.17, 15) is 9.59 Å². The number of hydrogen-bond donors (Lipinski definition) is 1. The maximum atomic E-state index is 13.1. The lowest BCUT2D eigenvalue weighted by Crippen LogP contribution is -2.48. The van der Waals surface area contributed by atoms with Crippen LogP contribution in [0, 0.1) is 0 Å². The highest BCUT2D eigenvalue weighted by atomic mass is 16.5. The van der Waals surface area contributed by atoms with Gasteiger partial charge in [0, 0.05) is 43.5 Å². The summed E-state index contributed by atoms with van der Waals surface area (Å²) in [6.07, 6.45) is 0. The van der Waals surface area contributed by atoms with Crippen LogP contribution in [0.4, 0.5) is 5.69 Å². The Morgan fingerprint density at radius 1 is 0.897 bits per heavy atom. The predicted molar refractivity (Wildman–Crippen MR) is 112 cm³/mol. The Morgan fingerprint density at radius 3 is 2.41 bits per heavy atom. The Morgan fingerprint density at radius 2 is 1.62 bits per heavy atom. The van der Waals surface area contributed by atoms with Crippen LogP contribution in [-0.4, -0.2) is 54.7 Å². The van der Waals surface area contributed by atoms with Crippen molar-refractivity contribution in [1.82, 2.24) is 4.90 Å². The molecule has 0 bridgehead atoms. The maximum Gasteiger partial charge on any atom is 0.341 e. The quantitative estimate of drug-likeness (QED) is 0.724. The second-order valence-corrected chi connectivity index (χ2v) is 6.99. The lowest BCUT2D eigenvalue weighted by molar-refractivity contribution is -0.139. The molecule has 0 spiro atoms. The Hall–Kier alpha value is -3.54. The van der Waals surface area contributed by atoms with Gasteiger partial charge in [0.15, 0.2) is 6.61 Å². The molecule has 3 aromatic carbocycles. The largest absolute Gasteiger partial charge is 0.482 e. The normalized spacial score (nSPS) is 14.1. The van der Waals surface area contributed by atoms with Crippen LogP contribution in [0.3, 0.4) is 0 Å². The summed E-state index contributed by atoms with van der Waals surface area (Å²) < 4.78 is 5.27. The van der Waals surface area contributed by atoms with Crippen LogP contribution in [0.1, 0.15) is 10.4 Å². The first-order chi connectivity index (χ1) is 14.1. The van der Waals surface area contributed by atoms with Crippen LogP contribution in [-0.2, 0) is 4.79 Å². The third-order valence-corrected chi connectivity index (χ3v) is 5.13. The zero-order valence-electron chi connectivity index (χ0n) is 16.0. The number of aliphatic carboxylic acids is 1. The van der Waals surface area contributed by atoms with Gasteiger partial charge >= 0.3 is 5.97 Å². The number of anilines is 1. The smallest absolute Gasteiger partial charge is 0.341 e. The van der Waals surface area contributed by atoms with E-state index in [1.807, 2.05) is 65.6 Å². The predicted octanol–water partition coefficient (Wildman–Crippen LogP) is 3.27. The average Bonchev–Trinajstić information content (AvgIpc) is 2.77. The van der Waals surface area contributed by atoms with Gasteiger partial charge < -0.3 is 19.6 Å². The molecule has 1 aliphatic rings. The van der Waals surface area contributed by atoms with Crippen molar-refractivity contribution < 1.29 is 19.4 Å². The molecule has 1 heterocycles. The number of piperazine rings is 1. The first-order valence-corrected chi connectivity index (χ1v) is 9.58. The molecule has 6 nitrogen and oxygen atoms in total. The van der Waals surface area contributed by atoms with E-state index >= 15 is 0 Å². The summed E-state index contributed by atoms with van der Waals surface area (Å²) in [5.41, 5.74) is 1.70. The van der Waals surface area contributed by atoms with Crippen LogP contribution in [0.15, 0.2) is 66.7 Å². The molecular weight excluding hydrogens is 368 g/mol. The van der Waals surface area contributed by atoms with Crippen LogP contribution in [0.25, 0.3) is 10.8 Å². The zero-order valence-corrected chi connectivity index (χ0v) is 16.0. The summed E-state index contributed by atoms with van der Waals surface area (Å²) >= 11 is 0. The molecule has 0 aromatic heterocycles. The van der Waals surface area contributed by atoms with Crippen LogP contribution >= 0.6 is 0 Å². The summed E-state index contributed by atoms with van der Waals surface area (Å²) in [6.45, 7) is 2.30. The number of benzene rings is 3. The first-order valence-electron chi connectivity index (χ1n) is 9.58. The Bertz CT molecular complexity index is 1040. The van der Waals surface area contributed by atoms with Crippen molar-refractivity contribution in [2.45, 2.75) is 0 Å². The molecule has 29 heavy (non-hydrogen) atoms. The third-order valence-electron chi connectivity index (χ3n) is 5.13. The Kier molecular flexibility index (Phi) is 5.33. The van der Waals surface area contributed by atoms with E-state index in [0.29, 0.717) is 31.9 Å². The minimum atomic E-state index is -1.00. The second kappa shape index (κ2) is 8.22. The SMILES string of the molecule is O=C(O)COc1cccc(N2CCN(C(=O)c3cccc4ccccc34)CC2)c1. The van der Waals surface area contributed by atoms with Gasteiger partial charge in [-0.25, -0.2) is 4.79 Å². The lowest BCUT2D eigenvalue weighted by atomic mass is 10.0. The number of fused-ring (bicyclic) bond motifs is 1. The molecule has 148 valence electrons. The van der Waals surface area contributed by atoms with Crippen molar-refractivity contribution in [2.24, 2.45) is 0 Å². The minimum Gasteiger partial charge on any atom is -0.482 e. The van der Waals surface area contributed by atoms with E-state index in [2.05, 4.69) is 4.90 Å². The van der Waals surface area contributed by atoms with Gasteiger partial charge in [-0.1, -0.05) is 42.5 Å². The molecule has 0 atom stereocenters. The number of carbonyl (C=O) groups is 2. The van der Waals surface area contributed by atoms with Gasteiger partial charge in [-0.2, -0.15) is 0 Å². The van der Waals surface area contributed by atoms with E-state index < -0.39 is 5.97 Å². The fourth-order valence-electron chi connectivity index (χ4n) is 3.67. The molecule has 1 saturated heterocycles. The topological polar surface area (TPSA) is 70.1 Å². The molecule has 0 radical (unpaired) electrons. The molecule has 1 amide bonds. The van der Waals surface area contributed by atoms with E-state index in [0.717, 1.165) is 22.0 Å². The lowest BCUT2D eigenvalue weighted by Gasteiger charge is -2.36. The van der Waals surface area contributed by atoms with Gasteiger partial charge in [-0.3, -0.25) is 4.79 Å². The summed E-state index contributed by atoms with van der Waals surface area (Å²) in [5.74, 6) is -0.421. The molecule has 1 fully saturated rings. The molecule has 1 N–H and O–H groups in total. The molecule has 0 unspecified atom stereocenters. The van der Waals surface area contributed by atoms with Crippen molar-refractivity contribution in [1.29, 1.82) is 0 Å². The maximum absolute atomic E-state index is 13.1. The Balaban J connectivity index is 1.43. The number of nitrogens with zero attached hydrogens (tertiary/aromatic N) is 2. The van der Waals surface area contributed by atoms with Crippen molar-refractivity contribution >= 4 is 28.3 Å². The highest BCUT2D eigenvalue weighted by Crippen LogP contribution is 2.24. The Labute approximate surface area is 168 Å². The minimum absolute atomic E-state index is 0.0555. The summed E-state index contributed by atoms with van der Waals surface area (Å²) in [7, 11) is 0. The average molecular weight is 390 g/mol. The van der Waals surface area contributed by atoms with Gasteiger partial charge in [0.2, 0.25) is 0 Å². The number of ether oxygens (including phenoxy) is 1. The fourth-order valence-corrected chi connectivity index (χ4v) is 3.67. The van der Waals surface area contributed by atoms with Gasteiger partial charge in [0.05, 0.1) is 0 Å². The van der Waals surface area contributed by atoms with Crippen LogP contribution < -0.4 is 9.64 Å². The number of hydrogen-bond acceptors (Lipinski definition) is 4. The highest BCUT2D eigenvalue weighted by Gasteiger charge is 2.23. The number of carbonyl (C=O) groups excluding carboxylic acids is 1. The number of rotatable bonds is 5. The van der Waals surface area contributed by atoms with E-state index in [1.165, 1.54) is 0 Å². The van der Waals surface area contributed by atoms with E-state index in [1.54, 1.807) is 6.07 Å². The van der Waals surface area contributed by atoms with Crippen molar-refractivity contribution in [3.05, 3.63) is 72.3 Å². The van der Waals surface area contributed by atoms with E-state index in [4.69, 9.17) is 9.84 Å². The van der Waals surface area contributed by atoms with Crippen molar-refractivity contribution in [2.75, 3.05) is 37.7 Å². The number of carboxylic acids is 1. The summed E-state index contributed by atoms with van der Waals surface area (Å²) in [6, 6.07) is 21.2. The van der Waals surface area contributed by atoms with Crippen LogP contribution in [0.5, 0.6) is 5.75 Å². The standard InChI is InChI=1S/C23H22N2O4/c26-22(27)16-29-19-8-4-7-18(15-19)24-11-13-25(14-12-24)23(28)21-10-3-6-17-5-1-2-9-20(17)21/h1-10,15H,11-14,16H2,(H,26,27).